The molecule has 1 saturated heterocycles. The molecule has 2 aromatic carbocycles. The van der Waals surface area contributed by atoms with Gasteiger partial charge in [-0.25, -0.2) is 13.2 Å². The lowest BCUT2D eigenvalue weighted by Gasteiger charge is -2.36. The van der Waals surface area contributed by atoms with Crippen LogP contribution in [0.15, 0.2) is 65.7 Å². The lowest BCUT2D eigenvalue weighted by atomic mass is 10.1. The van der Waals surface area contributed by atoms with Crippen LogP contribution < -0.4 is 4.72 Å². The van der Waals surface area contributed by atoms with Gasteiger partial charge in [-0.05, 0) is 42.2 Å². The molecule has 2 fully saturated rings. The van der Waals surface area contributed by atoms with Crippen LogP contribution in [-0.2, 0) is 14.8 Å². The molecule has 1 amide bonds. The molecular formula is C28H34N4O5S. The number of amides is 1. The van der Waals surface area contributed by atoms with Gasteiger partial charge in [-0.3, -0.25) is 14.6 Å². The zero-order chi connectivity index (χ0) is 26.5. The van der Waals surface area contributed by atoms with Crippen LogP contribution in [0, 0.1) is 5.92 Å². The molecular weight excluding hydrogens is 504 g/mol. The second kappa shape index (κ2) is 11.7. The number of aromatic nitrogens is 1. The molecule has 1 aliphatic heterocycles. The van der Waals surface area contributed by atoms with Crippen molar-refractivity contribution in [2.75, 3.05) is 37.5 Å². The van der Waals surface area contributed by atoms with Gasteiger partial charge in [-0.2, -0.15) is 0 Å². The molecule has 0 bridgehead atoms. The number of anilines is 1. The summed E-state index contributed by atoms with van der Waals surface area (Å²) in [5, 5.41) is 11.6. The predicted molar refractivity (Wildman–Crippen MR) is 145 cm³/mol. The van der Waals surface area contributed by atoms with Crippen LogP contribution in [0.1, 0.15) is 43.9 Å². The summed E-state index contributed by atoms with van der Waals surface area (Å²) < 4.78 is 34.2. The highest BCUT2D eigenvalue weighted by Gasteiger charge is 2.27. The number of nitrogens with zero attached hydrogens (tertiary/aromatic N) is 3. The first-order valence-electron chi connectivity index (χ1n) is 13.2. The third-order valence-electron chi connectivity index (χ3n) is 7.49. The monoisotopic (exact) mass is 538 g/mol. The Hall–Kier alpha value is -3.21. The van der Waals surface area contributed by atoms with Gasteiger partial charge in [0.25, 0.3) is 10.0 Å². The third kappa shape index (κ3) is 6.09. The van der Waals surface area contributed by atoms with Gasteiger partial charge >= 0.3 is 6.09 Å². The fourth-order valence-corrected chi connectivity index (χ4v) is 6.53. The van der Waals surface area contributed by atoms with Gasteiger partial charge in [-0.15, -0.1) is 0 Å². The Morgan fingerprint density at radius 2 is 1.74 bits per heavy atom. The van der Waals surface area contributed by atoms with Crippen molar-refractivity contribution in [3.63, 3.8) is 0 Å². The van der Waals surface area contributed by atoms with E-state index in [9.17, 15) is 18.3 Å². The van der Waals surface area contributed by atoms with E-state index >= 15 is 0 Å². The number of rotatable bonds is 8. The molecule has 1 saturated carbocycles. The van der Waals surface area contributed by atoms with E-state index in [0.29, 0.717) is 55.5 Å². The van der Waals surface area contributed by atoms with Crippen molar-refractivity contribution >= 4 is 32.7 Å². The minimum atomic E-state index is -3.85. The zero-order valence-electron chi connectivity index (χ0n) is 21.3. The van der Waals surface area contributed by atoms with E-state index in [1.54, 1.807) is 47.5 Å². The molecule has 1 aliphatic carbocycles. The summed E-state index contributed by atoms with van der Waals surface area (Å²) in [4.78, 5) is 20.3. The Balaban J connectivity index is 1.14. The maximum atomic E-state index is 13.0. The minimum absolute atomic E-state index is 0.106. The number of para-hydroxylation sites is 1. The molecule has 10 heteroatoms. The number of carbonyl (C=O) groups excluding carboxylic acids is 1. The second-order valence-electron chi connectivity index (χ2n) is 10.0. The summed E-state index contributed by atoms with van der Waals surface area (Å²) in [6.07, 6.45) is 6.41. The first kappa shape index (κ1) is 26.4. The molecule has 0 radical (unpaired) electrons. The Morgan fingerprint density at radius 3 is 2.47 bits per heavy atom. The number of aliphatic hydroxyl groups excluding tert-OH is 1. The zero-order valence-corrected chi connectivity index (χ0v) is 22.1. The van der Waals surface area contributed by atoms with Crippen molar-refractivity contribution in [3.05, 3.63) is 66.4 Å². The predicted octanol–water partition coefficient (Wildman–Crippen LogP) is 4.36. The number of nitrogens with one attached hydrogen (secondary N) is 1. The number of ether oxygens (including phenoxy) is 1. The Labute approximate surface area is 223 Å². The van der Waals surface area contributed by atoms with Crippen LogP contribution in [0.25, 0.3) is 10.9 Å². The van der Waals surface area contributed by atoms with Gasteiger partial charge in [0.05, 0.1) is 12.1 Å². The fraction of sp³-hybridized carbons (Fsp3) is 0.429. The molecule has 9 nitrogen and oxygen atoms in total. The molecule has 5 rings (SSSR count). The SMILES string of the molecule is O=C(OCCC1CCCC1)N1CCN(C(O)c2ccc(NS(=O)(=O)c3cccc4cccnc34)cc2)CC1. The average molecular weight is 539 g/mol. The minimum Gasteiger partial charge on any atom is -0.449 e. The van der Waals surface area contributed by atoms with Crippen molar-refractivity contribution in [1.29, 1.82) is 0 Å². The topological polar surface area (TPSA) is 112 Å². The number of carbonyl (C=O) groups is 1. The highest BCUT2D eigenvalue weighted by molar-refractivity contribution is 7.93. The van der Waals surface area contributed by atoms with Crippen molar-refractivity contribution in [1.82, 2.24) is 14.8 Å². The number of pyridine rings is 1. The maximum absolute atomic E-state index is 13.0. The quantitative estimate of drug-likeness (QED) is 0.438. The smallest absolute Gasteiger partial charge is 0.409 e. The van der Waals surface area contributed by atoms with E-state index < -0.39 is 16.3 Å². The van der Waals surface area contributed by atoms with Crippen LogP contribution in [0.2, 0.25) is 0 Å². The van der Waals surface area contributed by atoms with Gasteiger partial charge in [0.15, 0.2) is 0 Å². The van der Waals surface area contributed by atoms with Crippen LogP contribution in [0.5, 0.6) is 0 Å². The first-order chi connectivity index (χ1) is 18.4. The largest absolute Gasteiger partial charge is 0.449 e. The molecule has 2 aliphatic rings. The van der Waals surface area contributed by atoms with Crippen molar-refractivity contribution in [2.45, 2.75) is 43.2 Å². The van der Waals surface area contributed by atoms with E-state index in [0.717, 1.165) is 11.8 Å². The third-order valence-corrected chi connectivity index (χ3v) is 8.90. The van der Waals surface area contributed by atoms with Crippen LogP contribution in [-0.4, -0.2) is 67.2 Å². The Morgan fingerprint density at radius 1 is 1.03 bits per heavy atom. The summed E-state index contributed by atoms with van der Waals surface area (Å²) >= 11 is 0. The fourth-order valence-electron chi connectivity index (χ4n) is 5.29. The number of fused-ring (bicyclic) bond motifs is 1. The standard InChI is InChI=1S/C28H34N4O5S/c33-27(31-16-18-32(19-17-31)28(34)37-20-14-21-5-1-2-6-21)23-10-12-24(13-11-23)30-38(35,36)25-9-3-7-22-8-4-15-29-26(22)25/h3-4,7-13,15,21,27,30,33H,1-2,5-6,14,16-20H2. The number of piperazine rings is 1. The normalized spacial score (nSPS) is 18.0. The van der Waals surface area contributed by atoms with Gasteiger partial charge < -0.3 is 14.7 Å². The second-order valence-corrected chi connectivity index (χ2v) is 11.7. The highest BCUT2D eigenvalue weighted by atomic mass is 32.2. The summed E-state index contributed by atoms with van der Waals surface area (Å²) in [5.74, 6) is 0.687. The molecule has 2 heterocycles. The lowest BCUT2D eigenvalue weighted by molar-refractivity contribution is -0.0270. The van der Waals surface area contributed by atoms with Gasteiger partial charge in [0, 0.05) is 43.4 Å². The molecule has 38 heavy (non-hydrogen) atoms. The van der Waals surface area contributed by atoms with E-state index in [1.165, 1.54) is 31.7 Å². The molecule has 3 aromatic rings. The summed E-state index contributed by atoms with van der Waals surface area (Å²) in [6, 6.07) is 15.3. The number of aliphatic hydroxyl groups is 1. The summed E-state index contributed by atoms with van der Waals surface area (Å²) in [7, 11) is -3.85. The van der Waals surface area contributed by atoms with Crippen LogP contribution in [0.4, 0.5) is 10.5 Å². The molecule has 0 spiro atoms. The summed E-state index contributed by atoms with van der Waals surface area (Å²) in [6.45, 7) is 2.47. The highest BCUT2D eigenvalue weighted by Crippen LogP contribution is 2.28. The van der Waals surface area contributed by atoms with Gasteiger partial charge in [0.1, 0.15) is 11.1 Å². The molecule has 2 N–H and O–H groups in total. The summed E-state index contributed by atoms with van der Waals surface area (Å²) in [5.41, 5.74) is 1.44. The van der Waals surface area contributed by atoms with E-state index in [2.05, 4.69) is 9.71 Å². The Kier molecular flexibility index (Phi) is 8.11. The van der Waals surface area contributed by atoms with Crippen molar-refractivity contribution in [3.8, 4) is 0 Å². The molecule has 1 atom stereocenters. The molecule has 1 aromatic heterocycles. The maximum Gasteiger partial charge on any atom is 0.409 e. The lowest BCUT2D eigenvalue weighted by Crippen LogP contribution is -2.49. The number of hydrogen-bond acceptors (Lipinski definition) is 7. The first-order valence-corrected chi connectivity index (χ1v) is 14.7. The van der Waals surface area contributed by atoms with Gasteiger partial charge in [0.2, 0.25) is 0 Å². The number of benzene rings is 2. The van der Waals surface area contributed by atoms with Crippen molar-refractivity contribution in [2.24, 2.45) is 5.92 Å². The average Bonchev–Trinajstić information content (AvgIpc) is 3.46. The van der Waals surface area contributed by atoms with E-state index in [1.807, 2.05) is 17.0 Å². The molecule has 202 valence electrons. The Bertz CT molecular complexity index is 1350. The molecule has 1 unspecified atom stereocenters. The van der Waals surface area contributed by atoms with E-state index in [-0.39, 0.29) is 11.0 Å². The van der Waals surface area contributed by atoms with Gasteiger partial charge in [-0.1, -0.05) is 56.0 Å². The van der Waals surface area contributed by atoms with E-state index in [4.69, 9.17) is 4.74 Å². The number of sulfonamides is 1. The van der Waals surface area contributed by atoms with Crippen LogP contribution >= 0.6 is 0 Å². The van der Waals surface area contributed by atoms with Crippen LogP contribution in [0.3, 0.4) is 0 Å². The number of hydrogen-bond donors (Lipinski definition) is 2. The van der Waals surface area contributed by atoms with Crippen molar-refractivity contribution < 1.29 is 23.1 Å².